The van der Waals surface area contributed by atoms with E-state index in [2.05, 4.69) is 256 Å². The second-order valence-electron chi connectivity index (χ2n) is 22.3. The van der Waals surface area contributed by atoms with E-state index in [1.165, 1.54) is 33.4 Å². The Morgan fingerprint density at radius 3 is 1.78 bits per heavy atom. The average molecular weight is 1080 g/mol. The molecule has 0 aliphatic carbocycles. The van der Waals surface area contributed by atoms with E-state index in [1.54, 1.807) is 0 Å². The summed E-state index contributed by atoms with van der Waals surface area (Å²) in [6.07, 6.45) is 7.91. The van der Waals surface area contributed by atoms with Crippen molar-refractivity contribution < 1.29 is 30.4 Å². The van der Waals surface area contributed by atoms with Gasteiger partial charge in [0.25, 0.3) is 6.33 Å². The molecule has 0 radical (unpaired) electrons. The Morgan fingerprint density at radius 1 is 0.529 bits per heavy atom. The summed E-state index contributed by atoms with van der Waals surface area (Å²) in [6.45, 7) is 29.6. The molecule has 0 saturated carbocycles. The van der Waals surface area contributed by atoms with Crippen molar-refractivity contribution in [2.45, 2.75) is 117 Å². The molecule has 3 aromatic heterocycles. The van der Waals surface area contributed by atoms with Crippen molar-refractivity contribution in [1.82, 2.24) is 14.1 Å². The van der Waals surface area contributed by atoms with Crippen LogP contribution in [-0.2, 0) is 48.1 Å². The van der Waals surface area contributed by atoms with Crippen LogP contribution >= 0.6 is 0 Å². The van der Waals surface area contributed by atoms with Crippen molar-refractivity contribution >= 4 is 21.8 Å². The topological polar surface area (TPSA) is 35.9 Å². The number of para-hydroxylation sites is 1. The van der Waals surface area contributed by atoms with Crippen LogP contribution in [0.25, 0.3) is 39.0 Å². The summed E-state index contributed by atoms with van der Waals surface area (Å²) in [7, 11) is 0. The van der Waals surface area contributed by atoms with Crippen LogP contribution in [0.5, 0.6) is 11.5 Å². The molecule has 3 heterocycles. The molecule has 0 aliphatic heterocycles. The molecule has 0 saturated heterocycles. The molecule has 5 nitrogen and oxygen atoms in total. The van der Waals surface area contributed by atoms with Gasteiger partial charge in [0.1, 0.15) is 5.82 Å². The van der Waals surface area contributed by atoms with E-state index in [0.29, 0.717) is 11.5 Å². The molecule has 0 fully saturated rings. The van der Waals surface area contributed by atoms with Gasteiger partial charge in [-0.25, -0.2) is 4.98 Å². The first kappa shape index (κ1) is 48.4. The molecular weight excluding hydrogens is 1010 g/mol. The largest absolute Gasteiger partial charge is 0.510 e. The number of pyridine rings is 1. The minimum absolute atomic E-state index is 0. The van der Waals surface area contributed by atoms with E-state index in [9.17, 15) is 0 Å². The minimum Gasteiger partial charge on any atom is -0.510 e. The number of imidazole rings is 1. The fraction of sp³-hybridized carbons (Fsp3) is 0.290. The normalized spacial score (nSPS) is 12.7. The Labute approximate surface area is 419 Å². The molecule has 0 N–H and O–H groups in total. The third kappa shape index (κ3) is 9.15. The molecule has 68 heavy (non-hydrogen) atoms. The fourth-order valence-corrected chi connectivity index (χ4v) is 9.35. The minimum atomic E-state index is -0.241. The molecule has 6 heteroatoms. The van der Waals surface area contributed by atoms with Gasteiger partial charge in [-0.15, -0.1) is 29.8 Å². The molecule has 0 aliphatic rings. The van der Waals surface area contributed by atoms with Crippen LogP contribution in [0.3, 0.4) is 0 Å². The predicted octanol–water partition coefficient (Wildman–Crippen LogP) is 15.0. The van der Waals surface area contributed by atoms with E-state index in [1.807, 2.05) is 18.3 Å². The summed E-state index contributed by atoms with van der Waals surface area (Å²) in [5.41, 5.74) is 11.5. The molecule has 9 aromatic rings. The molecule has 0 bridgehead atoms. The smallest absolute Gasteiger partial charge is 0.267 e. The van der Waals surface area contributed by atoms with Gasteiger partial charge in [0.15, 0.2) is 0 Å². The number of hydrogen-bond acceptors (Lipinski definition) is 2. The van der Waals surface area contributed by atoms with Crippen LogP contribution in [0.2, 0.25) is 0 Å². The second kappa shape index (κ2) is 17.8. The molecular formula is C62H64N4OPt-2. The van der Waals surface area contributed by atoms with Gasteiger partial charge in [0.05, 0.1) is 11.4 Å². The summed E-state index contributed by atoms with van der Waals surface area (Å²) < 4.78 is 13.4. The van der Waals surface area contributed by atoms with Gasteiger partial charge in [-0.05, 0) is 85.5 Å². The second-order valence-corrected chi connectivity index (χ2v) is 22.3. The molecule has 0 atom stereocenters. The quantitative estimate of drug-likeness (QED) is 0.107. The van der Waals surface area contributed by atoms with E-state index in [4.69, 9.17) is 9.72 Å². The first-order chi connectivity index (χ1) is 31.6. The van der Waals surface area contributed by atoms with Crippen molar-refractivity contribution in [1.29, 1.82) is 0 Å². The zero-order chi connectivity index (χ0) is 47.7. The third-order valence-corrected chi connectivity index (χ3v) is 13.6. The molecule has 0 unspecified atom stereocenters. The Kier molecular flexibility index (Phi) is 12.7. The maximum Gasteiger partial charge on any atom is 0.267 e. The molecule has 9 rings (SSSR count). The SMILES string of the molecule is CC(C)(C)c1cc(-[n+]2[c-]n(-c3[c-]c(Oc4[c-]c5c(c(C(C)(C)C)c4)c4ccccc4n5-c4cc(C(C)(C)c5ccccc5)ccn4)ccc3)c(C(C)(C)C)c2)cc(C(C)(C)c2ccccc2)c1.[Pt]. The van der Waals surface area contributed by atoms with Crippen molar-refractivity contribution in [3.05, 3.63) is 209 Å². The van der Waals surface area contributed by atoms with Crippen LogP contribution in [0.1, 0.15) is 129 Å². The van der Waals surface area contributed by atoms with Gasteiger partial charge in [-0.3, -0.25) is 4.57 Å². The van der Waals surface area contributed by atoms with Gasteiger partial charge in [0.2, 0.25) is 0 Å². The number of benzene rings is 6. The number of ether oxygens (including phenoxy) is 1. The maximum atomic E-state index is 6.89. The van der Waals surface area contributed by atoms with Gasteiger partial charge in [-0.2, -0.15) is 12.1 Å². The average Bonchev–Trinajstić information content (AvgIpc) is 3.90. The molecule has 0 spiro atoms. The van der Waals surface area contributed by atoms with E-state index in [0.717, 1.165) is 44.7 Å². The van der Waals surface area contributed by atoms with Gasteiger partial charge < -0.3 is 13.9 Å². The first-order valence-corrected chi connectivity index (χ1v) is 23.6. The molecule has 6 aromatic carbocycles. The van der Waals surface area contributed by atoms with Crippen LogP contribution in [-0.4, -0.2) is 14.1 Å². The number of rotatable bonds is 9. The standard InChI is InChI=1S/C62H64N4O.Pt/c1-58(2,3)45-33-46(62(12,13)43-25-18-15-19-26-43)35-48(34-45)64-40-55(60(7,8)9)65(41-64)47-27-22-28-49(37-47)67-50-38-52(59(4,5)6)57-51-29-20-21-30-53(51)66(54(57)39-50)56-36-44(31-32-63-56)61(10,11)42-23-16-14-17-24-42;/h14-36,38,40H,1-13H3;/q-2;. The van der Waals surface area contributed by atoms with Gasteiger partial charge >= 0.3 is 0 Å². The third-order valence-electron chi connectivity index (χ3n) is 13.6. The Hall–Kier alpha value is -6.03. The summed E-state index contributed by atoms with van der Waals surface area (Å²) in [6, 6.07) is 57.1. The summed E-state index contributed by atoms with van der Waals surface area (Å²) >= 11 is 0. The van der Waals surface area contributed by atoms with Crippen LogP contribution < -0.4 is 9.30 Å². The Morgan fingerprint density at radius 2 is 1.15 bits per heavy atom. The van der Waals surface area contributed by atoms with Gasteiger partial charge in [0, 0.05) is 61.3 Å². The summed E-state index contributed by atoms with van der Waals surface area (Å²) in [4.78, 5) is 5.03. The van der Waals surface area contributed by atoms with Gasteiger partial charge in [-0.1, -0.05) is 186 Å². The van der Waals surface area contributed by atoms with Crippen molar-refractivity contribution in [3.8, 4) is 28.7 Å². The summed E-state index contributed by atoms with van der Waals surface area (Å²) in [5.74, 6) is 2.05. The molecule has 0 amide bonds. The zero-order valence-corrected chi connectivity index (χ0v) is 44.2. The Balaban J connectivity index is 0.00000625. The number of nitrogens with zero attached hydrogens (tertiary/aromatic N) is 4. The number of fused-ring (bicyclic) bond motifs is 3. The monoisotopic (exact) mass is 1080 g/mol. The first-order valence-electron chi connectivity index (χ1n) is 23.6. The van der Waals surface area contributed by atoms with Crippen molar-refractivity contribution in [3.63, 3.8) is 0 Å². The van der Waals surface area contributed by atoms with E-state index < -0.39 is 0 Å². The molecule has 350 valence electrons. The number of hydrogen-bond donors (Lipinski definition) is 0. The predicted molar refractivity (Wildman–Crippen MR) is 276 cm³/mol. The van der Waals surface area contributed by atoms with Crippen molar-refractivity contribution in [2.24, 2.45) is 0 Å². The number of aromatic nitrogens is 4. The Bertz CT molecular complexity index is 3260. The van der Waals surface area contributed by atoms with E-state index >= 15 is 0 Å². The zero-order valence-electron chi connectivity index (χ0n) is 41.9. The summed E-state index contributed by atoms with van der Waals surface area (Å²) in [5, 5.41) is 2.30. The van der Waals surface area contributed by atoms with Crippen LogP contribution in [0, 0.1) is 18.5 Å². The maximum absolute atomic E-state index is 6.89. The fourth-order valence-electron chi connectivity index (χ4n) is 9.35. The van der Waals surface area contributed by atoms with Crippen molar-refractivity contribution in [2.75, 3.05) is 0 Å². The van der Waals surface area contributed by atoms with Crippen LogP contribution in [0.4, 0.5) is 0 Å². The van der Waals surface area contributed by atoms with E-state index in [-0.39, 0.29) is 48.1 Å². The van der Waals surface area contributed by atoms with Crippen LogP contribution in [0.15, 0.2) is 152 Å².